The summed E-state index contributed by atoms with van der Waals surface area (Å²) < 4.78 is 5.52. The van der Waals surface area contributed by atoms with Crippen LogP contribution in [0.5, 0.6) is 5.75 Å². The Labute approximate surface area is 108 Å². The number of ether oxygens (including phenoxy) is 1. The molecular weight excluding hydrogens is 228 g/mol. The van der Waals surface area contributed by atoms with E-state index in [4.69, 9.17) is 10.5 Å². The van der Waals surface area contributed by atoms with Crippen LogP contribution >= 0.6 is 0 Å². The molecule has 1 aromatic carbocycles. The van der Waals surface area contributed by atoms with Crippen molar-refractivity contribution in [1.29, 1.82) is 0 Å². The van der Waals surface area contributed by atoms with Crippen LogP contribution < -0.4 is 15.8 Å². The highest BCUT2D eigenvalue weighted by molar-refractivity contribution is 5.86. The van der Waals surface area contributed by atoms with E-state index in [2.05, 4.69) is 5.32 Å². The largest absolute Gasteiger partial charge is 0.492 e. The van der Waals surface area contributed by atoms with E-state index in [0.29, 0.717) is 13.2 Å². The molecule has 0 aliphatic carbocycles. The number of rotatable bonds is 4. The van der Waals surface area contributed by atoms with Gasteiger partial charge in [-0.2, -0.15) is 0 Å². The highest BCUT2D eigenvalue weighted by Crippen LogP contribution is 2.33. The van der Waals surface area contributed by atoms with Gasteiger partial charge < -0.3 is 15.8 Å². The molecule has 0 aromatic heterocycles. The summed E-state index contributed by atoms with van der Waals surface area (Å²) in [5.74, 6) is 0.617. The van der Waals surface area contributed by atoms with Crippen molar-refractivity contribution >= 4 is 5.91 Å². The van der Waals surface area contributed by atoms with Crippen LogP contribution in [0.15, 0.2) is 24.3 Å². The Hall–Kier alpha value is -1.55. The minimum Gasteiger partial charge on any atom is -0.492 e. The molecule has 0 bridgehead atoms. The van der Waals surface area contributed by atoms with Gasteiger partial charge in [-0.15, -0.1) is 0 Å². The summed E-state index contributed by atoms with van der Waals surface area (Å²) in [5, 5.41) is 3.04. The van der Waals surface area contributed by atoms with Gasteiger partial charge in [0.05, 0.1) is 0 Å². The summed E-state index contributed by atoms with van der Waals surface area (Å²) in [6.45, 7) is 4.95. The molecule has 4 heteroatoms. The van der Waals surface area contributed by atoms with E-state index in [9.17, 15) is 4.79 Å². The molecule has 0 radical (unpaired) electrons. The number of nitrogens with one attached hydrogen (secondary N) is 1. The summed E-state index contributed by atoms with van der Waals surface area (Å²) in [5.41, 5.74) is 6.24. The first-order valence-corrected chi connectivity index (χ1v) is 6.27. The maximum atomic E-state index is 12.3. The van der Waals surface area contributed by atoms with Crippen LogP contribution in [0.2, 0.25) is 0 Å². The molecular formula is C14H20N2O2. The zero-order valence-corrected chi connectivity index (χ0v) is 10.9. The molecule has 18 heavy (non-hydrogen) atoms. The number of carbonyl (C=O) groups excluding carboxylic acids is 1. The van der Waals surface area contributed by atoms with Gasteiger partial charge in [0.1, 0.15) is 18.3 Å². The third-order valence-corrected chi connectivity index (χ3v) is 3.25. The summed E-state index contributed by atoms with van der Waals surface area (Å²) in [6.07, 6.45) is 0.758. The summed E-state index contributed by atoms with van der Waals surface area (Å²) in [4.78, 5) is 12.3. The van der Waals surface area contributed by atoms with Gasteiger partial charge in [-0.25, -0.2) is 0 Å². The molecule has 0 spiro atoms. The summed E-state index contributed by atoms with van der Waals surface area (Å²) in [7, 11) is 0. The van der Waals surface area contributed by atoms with Crippen molar-refractivity contribution in [3.63, 3.8) is 0 Å². The van der Waals surface area contributed by atoms with Crippen molar-refractivity contribution in [3.05, 3.63) is 29.8 Å². The molecule has 1 unspecified atom stereocenters. The van der Waals surface area contributed by atoms with E-state index in [1.807, 2.05) is 38.1 Å². The van der Waals surface area contributed by atoms with Crippen LogP contribution in [0, 0.1) is 0 Å². The number of hydrogen-bond acceptors (Lipinski definition) is 3. The first-order chi connectivity index (χ1) is 8.53. The van der Waals surface area contributed by atoms with Crippen LogP contribution in [-0.4, -0.2) is 24.6 Å². The quantitative estimate of drug-likeness (QED) is 0.846. The Bertz CT molecular complexity index is 443. The Morgan fingerprint density at radius 2 is 2.22 bits per heavy atom. The van der Waals surface area contributed by atoms with Crippen molar-refractivity contribution in [2.45, 2.75) is 31.7 Å². The third-order valence-electron chi connectivity index (χ3n) is 3.25. The highest BCUT2D eigenvalue weighted by Gasteiger charge is 2.32. The second kappa shape index (κ2) is 4.98. The van der Waals surface area contributed by atoms with Crippen molar-refractivity contribution < 1.29 is 9.53 Å². The molecule has 4 nitrogen and oxygen atoms in total. The molecule has 2 rings (SSSR count). The van der Waals surface area contributed by atoms with Crippen molar-refractivity contribution in [1.82, 2.24) is 5.32 Å². The maximum absolute atomic E-state index is 12.3. The minimum absolute atomic E-state index is 0.0124. The molecule has 0 saturated heterocycles. The van der Waals surface area contributed by atoms with Crippen LogP contribution in [0.25, 0.3) is 0 Å². The lowest BCUT2D eigenvalue weighted by atomic mass is 9.96. The Kier molecular flexibility index (Phi) is 3.57. The van der Waals surface area contributed by atoms with E-state index in [1.54, 1.807) is 0 Å². The van der Waals surface area contributed by atoms with Crippen LogP contribution in [0.1, 0.15) is 31.7 Å². The Balaban J connectivity index is 2.08. The normalized spacial score (nSPS) is 18.1. The van der Waals surface area contributed by atoms with Gasteiger partial charge in [-0.3, -0.25) is 4.79 Å². The van der Waals surface area contributed by atoms with Gasteiger partial charge in [0.15, 0.2) is 0 Å². The van der Waals surface area contributed by atoms with E-state index in [0.717, 1.165) is 17.7 Å². The highest BCUT2D eigenvalue weighted by atomic mass is 16.5. The fourth-order valence-corrected chi connectivity index (χ4v) is 2.22. The summed E-state index contributed by atoms with van der Waals surface area (Å²) >= 11 is 0. The average Bonchev–Trinajstić information content (AvgIpc) is 2.71. The molecule has 1 heterocycles. The fraction of sp³-hybridized carbons (Fsp3) is 0.500. The van der Waals surface area contributed by atoms with Gasteiger partial charge >= 0.3 is 0 Å². The lowest BCUT2D eigenvalue weighted by Crippen LogP contribution is -2.46. The Morgan fingerprint density at radius 3 is 2.94 bits per heavy atom. The molecule has 1 aliphatic heterocycles. The number of amides is 1. The maximum Gasteiger partial charge on any atom is 0.231 e. The SMILES string of the molecule is CC(C)(CCN)NC(=O)C1COc2ccccc21. The zero-order chi connectivity index (χ0) is 13.2. The second-order valence-electron chi connectivity index (χ2n) is 5.31. The topological polar surface area (TPSA) is 64.3 Å². The van der Waals surface area contributed by atoms with Gasteiger partial charge in [-0.05, 0) is 32.9 Å². The fourth-order valence-electron chi connectivity index (χ4n) is 2.22. The average molecular weight is 248 g/mol. The molecule has 1 aliphatic rings. The van der Waals surface area contributed by atoms with Gasteiger partial charge in [0.25, 0.3) is 0 Å². The van der Waals surface area contributed by atoms with Crippen molar-refractivity contribution in [3.8, 4) is 5.75 Å². The monoisotopic (exact) mass is 248 g/mol. The lowest BCUT2D eigenvalue weighted by molar-refractivity contribution is -0.124. The van der Waals surface area contributed by atoms with E-state index in [-0.39, 0.29) is 17.4 Å². The van der Waals surface area contributed by atoms with Crippen molar-refractivity contribution in [2.24, 2.45) is 5.73 Å². The zero-order valence-electron chi connectivity index (χ0n) is 10.9. The lowest BCUT2D eigenvalue weighted by Gasteiger charge is -2.27. The Morgan fingerprint density at radius 1 is 1.50 bits per heavy atom. The number of benzene rings is 1. The van der Waals surface area contributed by atoms with Crippen LogP contribution in [0.4, 0.5) is 0 Å². The van der Waals surface area contributed by atoms with Crippen LogP contribution in [0.3, 0.4) is 0 Å². The van der Waals surface area contributed by atoms with E-state index in [1.165, 1.54) is 0 Å². The summed E-state index contributed by atoms with van der Waals surface area (Å²) in [6, 6.07) is 7.69. The van der Waals surface area contributed by atoms with E-state index >= 15 is 0 Å². The van der Waals surface area contributed by atoms with Crippen molar-refractivity contribution in [2.75, 3.05) is 13.2 Å². The predicted molar refractivity (Wildman–Crippen MR) is 70.6 cm³/mol. The molecule has 98 valence electrons. The molecule has 3 N–H and O–H groups in total. The number of para-hydroxylation sites is 1. The predicted octanol–water partition coefficient (Wildman–Crippen LogP) is 1.41. The molecule has 0 saturated carbocycles. The molecule has 1 atom stereocenters. The molecule has 0 fully saturated rings. The first kappa shape index (κ1) is 12.9. The minimum atomic E-state index is -0.274. The standard InChI is InChI=1S/C14H20N2O2/c1-14(2,7-8-15)16-13(17)11-9-18-12-6-4-3-5-10(11)12/h3-6,11H,7-9,15H2,1-2H3,(H,16,17). The second-order valence-corrected chi connectivity index (χ2v) is 5.31. The number of hydrogen-bond donors (Lipinski definition) is 2. The third kappa shape index (κ3) is 2.64. The van der Waals surface area contributed by atoms with Gasteiger partial charge in [0.2, 0.25) is 5.91 Å². The van der Waals surface area contributed by atoms with Gasteiger partial charge in [-0.1, -0.05) is 18.2 Å². The van der Waals surface area contributed by atoms with Crippen LogP contribution in [-0.2, 0) is 4.79 Å². The first-order valence-electron chi connectivity index (χ1n) is 6.27. The van der Waals surface area contributed by atoms with Gasteiger partial charge in [0, 0.05) is 11.1 Å². The number of nitrogens with two attached hydrogens (primary N) is 1. The molecule has 1 amide bonds. The van der Waals surface area contributed by atoms with E-state index < -0.39 is 0 Å². The number of fused-ring (bicyclic) bond motifs is 1. The molecule has 1 aromatic rings. The number of carbonyl (C=O) groups is 1. The smallest absolute Gasteiger partial charge is 0.231 e.